The van der Waals surface area contributed by atoms with E-state index in [-0.39, 0.29) is 39.1 Å². The molecule has 0 unspecified atom stereocenters. The van der Waals surface area contributed by atoms with E-state index in [2.05, 4.69) is 10.0 Å². The smallest absolute Gasteiger partial charge is 0.340 e. The van der Waals surface area contributed by atoms with Crippen LogP contribution in [0.3, 0.4) is 0 Å². The number of anilines is 2. The van der Waals surface area contributed by atoms with Crippen molar-refractivity contribution >= 4 is 33.3 Å². The third-order valence-electron chi connectivity index (χ3n) is 5.22. The fraction of sp³-hybridized carbons (Fsp3) is 0.200. The second kappa shape index (κ2) is 11.0. The molecule has 2 N–H and O–H groups in total. The Hall–Kier alpha value is -4.25. The maximum Gasteiger partial charge on any atom is 0.340 e. The molecular weight excluding hydrogens is 488 g/mol. The molecule has 0 saturated heterocycles. The molecule has 10 nitrogen and oxygen atoms in total. The first-order valence-corrected chi connectivity index (χ1v) is 12.0. The van der Waals surface area contributed by atoms with Crippen molar-refractivity contribution in [2.45, 2.75) is 11.8 Å². The second-order valence-corrected chi connectivity index (χ2v) is 9.21. The van der Waals surface area contributed by atoms with Crippen LogP contribution in [-0.4, -0.2) is 48.7 Å². The van der Waals surface area contributed by atoms with E-state index < -0.39 is 21.9 Å². The number of nitrogens with one attached hydrogen (secondary N) is 2. The van der Waals surface area contributed by atoms with Crippen molar-refractivity contribution < 1.29 is 37.0 Å². The highest BCUT2D eigenvalue weighted by atomic mass is 32.2. The quantitative estimate of drug-likeness (QED) is 0.412. The average Bonchev–Trinajstić information content (AvgIpc) is 2.87. The molecule has 0 aliphatic heterocycles. The van der Waals surface area contributed by atoms with Gasteiger partial charge in [-0.1, -0.05) is 17.7 Å². The van der Waals surface area contributed by atoms with Gasteiger partial charge in [0.25, 0.3) is 15.9 Å². The number of esters is 1. The van der Waals surface area contributed by atoms with Gasteiger partial charge in [-0.2, -0.15) is 0 Å². The van der Waals surface area contributed by atoms with Crippen LogP contribution in [0.15, 0.2) is 59.5 Å². The number of carbonyl (C=O) groups is 2. The lowest BCUT2D eigenvalue weighted by Crippen LogP contribution is -2.18. The van der Waals surface area contributed by atoms with Crippen molar-refractivity contribution in [3.8, 4) is 17.2 Å². The molecule has 0 spiro atoms. The molecule has 0 fully saturated rings. The Balaban J connectivity index is 1.99. The number of benzene rings is 3. The fourth-order valence-corrected chi connectivity index (χ4v) is 4.39. The summed E-state index contributed by atoms with van der Waals surface area (Å²) in [5, 5.41) is 2.68. The molecule has 3 aromatic rings. The normalized spacial score (nSPS) is 10.8. The van der Waals surface area contributed by atoms with Gasteiger partial charge in [0, 0.05) is 17.7 Å². The van der Waals surface area contributed by atoms with Crippen molar-refractivity contribution in [3.63, 3.8) is 0 Å². The predicted molar refractivity (Wildman–Crippen MR) is 134 cm³/mol. The zero-order chi connectivity index (χ0) is 26.5. The van der Waals surface area contributed by atoms with Crippen LogP contribution in [0.2, 0.25) is 0 Å². The lowest BCUT2D eigenvalue weighted by atomic mass is 10.1. The summed E-state index contributed by atoms with van der Waals surface area (Å²) in [5.74, 6) is -0.552. The highest BCUT2D eigenvalue weighted by Crippen LogP contribution is 2.35. The number of methoxy groups -OCH3 is 4. The van der Waals surface area contributed by atoms with Gasteiger partial charge in [-0.05, 0) is 37.3 Å². The summed E-state index contributed by atoms with van der Waals surface area (Å²) in [6.07, 6.45) is 0. The molecule has 0 atom stereocenters. The Kier molecular flexibility index (Phi) is 8.05. The van der Waals surface area contributed by atoms with Crippen LogP contribution >= 0.6 is 0 Å². The van der Waals surface area contributed by atoms with Crippen molar-refractivity contribution in [3.05, 3.63) is 71.3 Å². The number of carbonyl (C=O) groups excluding carboxylic acids is 2. The standard InChI is InChI=1S/C25H26N2O8S/c1-15-6-8-16(9-7-15)24(28)26-20-12-17(10-11-21(20)32-2)36(30,31)27-19-14-23(34-4)22(33-3)13-18(19)25(29)35-5/h6-14,27H,1-5H3,(H,26,28). The van der Waals surface area contributed by atoms with E-state index in [4.69, 9.17) is 18.9 Å². The minimum absolute atomic E-state index is 0.0828. The first-order valence-electron chi connectivity index (χ1n) is 10.6. The van der Waals surface area contributed by atoms with E-state index in [9.17, 15) is 18.0 Å². The van der Waals surface area contributed by atoms with Crippen molar-refractivity contribution in [2.24, 2.45) is 0 Å². The van der Waals surface area contributed by atoms with Gasteiger partial charge in [0.1, 0.15) is 5.75 Å². The lowest BCUT2D eigenvalue weighted by molar-refractivity contribution is 0.0601. The maximum atomic E-state index is 13.3. The first kappa shape index (κ1) is 26.4. The summed E-state index contributed by atoms with van der Waals surface area (Å²) < 4.78 is 49.4. The van der Waals surface area contributed by atoms with Crippen LogP contribution in [-0.2, 0) is 14.8 Å². The summed E-state index contributed by atoms with van der Waals surface area (Å²) in [6.45, 7) is 1.90. The third-order valence-corrected chi connectivity index (χ3v) is 6.58. The summed E-state index contributed by atoms with van der Waals surface area (Å²) in [5.41, 5.74) is 1.36. The van der Waals surface area contributed by atoms with E-state index in [1.807, 2.05) is 6.92 Å². The van der Waals surface area contributed by atoms with Gasteiger partial charge in [0.15, 0.2) is 11.5 Å². The topological polar surface area (TPSA) is 129 Å². The van der Waals surface area contributed by atoms with E-state index in [0.29, 0.717) is 5.56 Å². The summed E-state index contributed by atoms with van der Waals surface area (Å²) >= 11 is 0. The van der Waals surface area contributed by atoms with E-state index in [1.54, 1.807) is 24.3 Å². The van der Waals surface area contributed by atoms with Gasteiger partial charge in [-0.3, -0.25) is 9.52 Å². The Morgan fingerprint density at radius 2 is 1.36 bits per heavy atom. The minimum atomic E-state index is -4.24. The maximum absolute atomic E-state index is 13.3. The average molecular weight is 515 g/mol. The lowest BCUT2D eigenvalue weighted by Gasteiger charge is -2.16. The van der Waals surface area contributed by atoms with E-state index in [0.717, 1.165) is 5.56 Å². The Bertz CT molecular complexity index is 1390. The van der Waals surface area contributed by atoms with Crippen molar-refractivity contribution in [2.75, 3.05) is 38.5 Å². The van der Waals surface area contributed by atoms with Gasteiger partial charge in [-0.25, -0.2) is 13.2 Å². The molecule has 11 heteroatoms. The number of hydrogen-bond acceptors (Lipinski definition) is 8. The number of aryl methyl sites for hydroxylation is 1. The van der Waals surface area contributed by atoms with Crippen LogP contribution in [0, 0.1) is 6.92 Å². The number of rotatable bonds is 9. The molecule has 0 aromatic heterocycles. The van der Waals surface area contributed by atoms with Gasteiger partial charge in [0.2, 0.25) is 0 Å². The Labute approximate surface area is 209 Å². The number of hydrogen-bond donors (Lipinski definition) is 2. The minimum Gasteiger partial charge on any atom is -0.495 e. The SMILES string of the molecule is COC(=O)c1cc(OC)c(OC)cc1NS(=O)(=O)c1ccc(OC)c(NC(=O)c2ccc(C)cc2)c1. The second-order valence-electron chi connectivity index (χ2n) is 7.53. The highest BCUT2D eigenvalue weighted by Gasteiger charge is 2.24. The van der Waals surface area contributed by atoms with Crippen molar-refractivity contribution in [1.82, 2.24) is 0 Å². The van der Waals surface area contributed by atoms with E-state index in [1.165, 1.54) is 58.8 Å². The van der Waals surface area contributed by atoms with Crippen LogP contribution in [0.5, 0.6) is 17.2 Å². The Morgan fingerprint density at radius 1 is 0.750 bits per heavy atom. The largest absolute Gasteiger partial charge is 0.495 e. The molecule has 0 radical (unpaired) electrons. The molecule has 0 bridgehead atoms. The number of amides is 1. The predicted octanol–water partition coefficient (Wildman–Crippen LogP) is 3.86. The molecule has 3 rings (SSSR count). The fourth-order valence-electron chi connectivity index (χ4n) is 3.30. The third kappa shape index (κ3) is 5.69. The van der Waals surface area contributed by atoms with Gasteiger partial charge < -0.3 is 24.3 Å². The Morgan fingerprint density at radius 3 is 1.94 bits per heavy atom. The molecule has 0 heterocycles. The van der Waals surface area contributed by atoms with Crippen LogP contribution in [0.1, 0.15) is 26.3 Å². The summed E-state index contributed by atoms with van der Waals surface area (Å²) in [6, 6.07) is 13.5. The molecule has 190 valence electrons. The zero-order valence-corrected chi connectivity index (χ0v) is 21.2. The van der Waals surface area contributed by atoms with E-state index >= 15 is 0 Å². The van der Waals surface area contributed by atoms with Gasteiger partial charge in [-0.15, -0.1) is 0 Å². The zero-order valence-electron chi connectivity index (χ0n) is 20.4. The van der Waals surface area contributed by atoms with Crippen molar-refractivity contribution in [1.29, 1.82) is 0 Å². The molecular formula is C25H26N2O8S. The summed E-state index contributed by atoms with van der Waals surface area (Å²) in [7, 11) is 1.09. The highest BCUT2D eigenvalue weighted by molar-refractivity contribution is 7.92. The molecule has 36 heavy (non-hydrogen) atoms. The molecule has 0 aliphatic rings. The van der Waals surface area contributed by atoms with Gasteiger partial charge >= 0.3 is 5.97 Å². The molecule has 3 aromatic carbocycles. The van der Waals surface area contributed by atoms with Crippen LogP contribution < -0.4 is 24.2 Å². The molecule has 0 aliphatic carbocycles. The molecule has 0 saturated carbocycles. The number of ether oxygens (including phenoxy) is 4. The first-order chi connectivity index (χ1) is 17.1. The van der Waals surface area contributed by atoms with Crippen LogP contribution in [0.4, 0.5) is 11.4 Å². The van der Waals surface area contributed by atoms with Crippen LogP contribution in [0.25, 0.3) is 0 Å². The number of sulfonamides is 1. The molecule has 1 amide bonds. The monoisotopic (exact) mass is 514 g/mol. The van der Waals surface area contributed by atoms with Gasteiger partial charge in [0.05, 0.1) is 50.3 Å². The summed E-state index contributed by atoms with van der Waals surface area (Å²) in [4.78, 5) is 24.9.